The third kappa shape index (κ3) is 5.11. The molecule has 0 spiro atoms. The number of sulfonamides is 1. The first-order valence-electron chi connectivity index (χ1n) is 6.78. The van der Waals surface area contributed by atoms with Gasteiger partial charge in [0.15, 0.2) is 0 Å². The van der Waals surface area contributed by atoms with Crippen LogP contribution in [0.4, 0.5) is 5.69 Å². The second-order valence-electron chi connectivity index (χ2n) is 5.07. The highest BCUT2D eigenvalue weighted by Crippen LogP contribution is 2.15. The molecule has 0 heterocycles. The summed E-state index contributed by atoms with van der Waals surface area (Å²) in [5.41, 5.74) is 0.381. The van der Waals surface area contributed by atoms with Crippen molar-refractivity contribution in [3.63, 3.8) is 0 Å². The maximum Gasteiger partial charge on any atom is 0.240 e. The Kier molecular flexibility index (Phi) is 5.98. The topological polar surface area (TPSA) is 67.4 Å². The molecule has 1 rings (SSSR count). The van der Waals surface area contributed by atoms with E-state index in [0.29, 0.717) is 6.61 Å². The van der Waals surface area contributed by atoms with E-state index < -0.39 is 15.6 Å². The number of anilines is 1. The zero-order chi connectivity index (χ0) is 15.2. The van der Waals surface area contributed by atoms with Crippen molar-refractivity contribution < 1.29 is 13.2 Å². The van der Waals surface area contributed by atoms with E-state index in [1.807, 2.05) is 27.7 Å². The first-order chi connectivity index (χ1) is 9.30. The second kappa shape index (κ2) is 7.06. The van der Waals surface area contributed by atoms with Crippen LogP contribution in [0.2, 0.25) is 0 Å². The van der Waals surface area contributed by atoms with Crippen LogP contribution in [0.3, 0.4) is 0 Å². The summed E-state index contributed by atoms with van der Waals surface area (Å²) in [6.07, 6.45) is 0. The van der Waals surface area contributed by atoms with Crippen molar-refractivity contribution in [3.8, 4) is 0 Å². The first-order valence-corrected chi connectivity index (χ1v) is 8.26. The van der Waals surface area contributed by atoms with Crippen molar-refractivity contribution in [3.05, 3.63) is 24.3 Å². The van der Waals surface area contributed by atoms with Crippen LogP contribution in [0, 0.1) is 0 Å². The Bertz CT molecular complexity index is 510. The summed E-state index contributed by atoms with van der Waals surface area (Å²) in [6, 6.07) is 6.69. The molecule has 0 fully saturated rings. The Balaban J connectivity index is 2.73. The molecule has 0 unspecified atom stereocenters. The van der Waals surface area contributed by atoms with E-state index in [0.717, 1.165) is 12.2 Å². The molecular formula is C14H24N2O3S. The Hall–Kier alpha value is -1.11. The number of hydrogen-bond acceptors (Lipinski definition) is 4. The average Bonchev–Trinajstić information content (AvgIpc) is 2.38. The van der Waals surface area contributed by atoms with Gasteiger partial charge in [-0.3, -0.25) is 0 Å². The molecule has 0 aromatic heterocycles. The molecule has 0 aliphatic rings. The second-order valence-corrected chi connectivity index (χ2v) is 6.84. The molecule has 0 bridgehead atoms. The van der Waals surface area contributed by atoms with Crippen molar-refractivity contribution >= 4 is 15.7 Å². The number of ether oxygens (including phenoxy) is 1. The van der Waals surface area contributed by atoms with Crippen LogP contribution in [-0.4, -0.2) is 33.7 Å². The zero-order valence-electron chi connectivity index (χ0n) is 12.6. The van der Waals surface area contributed by atoms with Gasteiger partial charge in [-0.1, -0.05) is 0 Å². The minimum atomic E-state index is -3.50. The van der Waals surface area contributed by atoms with E-state index in [4.69, 9.17) is 4.74 Å². The van der Waals surface area contributed by atoms with Gasteiger partial charge in [-0.15, -0.1) is 0 Å². The van der Waals surface area contributed by atoms with E-state index in [1.165, 1.54) is 0 Å². The van der Waals surface area contributed by atoms with Crippen molar-refractivity contribution in [1.29, 1.82) is 0 Å². The highest BCUT2D eigenvalue weighted by atomic mass is 32.2. The van der Waals surface area contributed by atoms with Gasteiger partial charge in [0.25, 0.3) is 0 Å². The standard InChI is InChI=1S/C14H24N2O3S/c1-5-15-12-7-9-13(10-8-12)20(17,18)16-11-14(3,4)19-6-2/h7-10,15-16H,5-6,11H2,1-4H3. The quantitative estimate of drug-likeness (QED) is 0.772. The Morgan fingerprint density at radius 2 is 1.75 bits per heavy atom. The molecule has 0 aliphatic carbocycles. The lowest BCUT2D eigenvalue weighted by atomic mass is 10.1. The van der Waals surface area contributed by atoms with Gasteiger partial charge in [-0.05, 0) is 52.0 Å². The first kappa shape index (κ1) is 16.9. The Morgan fingerprint density at radius 1 is 1.15 bits per heavy atom. The summed E-state index contributed by atoms with van der Waals surface area (Å²) in [7, 11) is -3.50. The molecular weight excluding hydrogens is 276 g/mol. The van der Waals surface area contributed by atoms with E-state index in [-0.39, 0.29) is 11.4 Å². The minimum Gasteiger partial charge on any atom is -0.385 e. The highest BCUT2D eigenvalue weighted by Gasteiger charge is 2.22. The van der Waals surface area contributed by atoms with Crippen LogP contribution >= 0.6 is 0 Å². The number of nitrogens with one attached hydrogen (secondary N) is 2. The van der Waals surface area contributed by atoms with Crippen LogP contribution in [0.25, 0.3) is 0 Å². The van der Waals surface area contributed by atoms with Crippen LogP contribution in [0.1, 0.15) is 27.7 Å². The fourth-order valence-corrected chi connectivity index (χ4v) is 2.95. The van der Waals surface area contributed by atoms with Gasteiger partial charge >= 0.3 is 0 Å². The maximum absolute atomic E-state index is 12.2. The highest BCUT2D eigenvalue weighted by molar-refractivity contribution is 7.89. The van der Waals surface area contributed by atoms with Gasteiger partial charge < -0.3 is 10.1 Å². The normalized spacial score (nSPS) is 12.4. The van der Waals surface area contributed by atoms with Crippen molar-refractivity contribution in [1.82, 2.24) is 4.72 Å². The lowest BCUT2D eigenvalue weighted by Crippen LogP contribution is -2.40. The summed E-state index contributed by atoms with van der Waals surface area (Å²) in [6.45, 7) is 9.16. The molecule has 6 heteroatoms. The van der Waals surface area contributed by atoms with Gasteiger partial charge in [0.2, 0.25) is 10.0 Å². The Morgan fingerprint density at radius 3 is 2.25 bits per heavy atom. The van der Waals surface area contributed by atoms with E-state index >= 15 is 0 Å². The number of hydrogen-bond donors (Lipinski definition) is 2. The van der Waals surface area contributed by atoms with E-state index in [1.54, 1.807) is 24.3 Å². The van der Waals surface area contributed by atoms with Crippen LogP contribution in [0.5, 0.6) is 0 Å². The molecule has 0 aliphatic heterocycles. The maximum atomic E-state index is 12.2. The molecule has 2 N–H and O–H groups in total. The molecule has 0 saturated heterocycles. The van der Waals surface area contributed by atoms with Crippen molar-refractivity contribution in [2.24, 2.45) is 0 Å². The molecule has 0 radical (unpaired) electrons. The average molecular weight is 300 g/mol. The summed E-state index contributed by atoms with van der Waals surface area (Å²) in [4.78, 5) is 0.256. The summed E-state index contributed by atoms with van der Waals surface area (Å²) >= 11 is 0. The van der Waals surface area contributed by atoms with Crippen LogP contribution in [-0.2, 0) is 14.8 Å². The third-order valence-corrected chi connectivity index (χ3v) is 4.19. The SMILES string of the molecule is CCNc1ccc(S(=O)(=O)NCC(C)(C)OCC)cc1. The fourth-order valence-electron chi connectivity index (χ4n) is 1.75. The van der Waals surface area contributed by atoms with Crippen molar-refractivity contribution in [2.75, 3.05) is 25.0 Å². The van der Waals surface area contributed by atoms with Gasteiger partial charge in [0, 0.05) is 25.4 Å². The van der Waals surface area contributed by atoms with Gasteiger partial charge in [0.1, 0.15) is 0 Å². The lowest BCUT2D eigenvalue weighted by molar-refractivity contribution is -0.00515. The van der Waals surface area contributed by atoms with Crippen molar-refractivity contribution in [2.45, 2.75) is 38.2 Å². The van der Waals surface area contributed by atoms with Crippen LogP contribution in [0.15, 0.2) is 29.2 Å². The van der Waals surface area contributed by atoms with Gasteiger partial charge in [-0.2, -0.15) is 0 Å². The van der Waals surface area contributed by atoms with E-state index in [9.17, 15) is 8.42 Å². The molecule has 0 atom stereocenters. The zero-order valence-corrected chi connectivity index (χ0v) is 13.4. The molecule has 114 valence electrons. The summed E-state index contributed by atoms with van der Waals surface area (Å²) in [5, 5.41) is 3.12. The third-order valence-electron chi connectivity index (χ3n) is 2.77. The molecule has 5 nitrogen and oxygen atoms in total. The summed E-state index contributed by atoms with van der Waals surface area (Å²) < 4.78 is 32.4. The number of benzene rings is 1. The molecule has 1 aromatic carbocycles. The van der Waals surface area contributed by atoms with Gasteiger partial charge in [0.05, 0.1) is 10.5 Å². The largest absolute Gasteiger partial charge is 0.385 e. The Labute approximate surface area is 121 Å². The van der Waals surface area contributed by atoms with Gasteiger partial charge in [-0.25, -0.2) is 13.1 Å². The predicted octanol–water partition coefficient (Wildman–Crippen LogP) is 2.21. The smallest absolute Gasteiger partial charge is 0.240 e. The number of rotatable bonds is 8. The lowest BCUT2D eigenvalue weighted by Gasteiger charge is -2.24. The predicted molar refractivity (Wildman–Crippen MR) is 81.5 cm³/mol. The fraction of sp³-hybridized carbons (Fsp3) is 0.571. The summed E-state index contributed by atoms with van der Waals surface area (Å²) in [5.74, 6) is 0. The monoisotopic (exact) mass is 300 g/mol. The minimum absolute atomic E-state index is 0.234. The molecule has 0 saturated carbocycles. The molecule has 1 aromatic rings. The molecule has 0 amide bonds. The molecule has 20 heavy (non-hydrogen) atoms. The van der Waals surface area contributed by atoms with Crippen LogP contribution < -0.4 is 10.0 Å². The van der Waals surface area contributed by atoms with E-state index in [2.05, 4.69) is 10.0 Å².